The molecule has 0 saturated carbocycles. The molecule has 0 N–H and O–H groups in total. The van der Waals surface area contributed by atoms with Crippen molar-refractivity contribution < 1.29 is 18.0 Å². The van der Waals surface area contributed by atoms with Crippen molar-refractivity contribution >= 4 is 17.2 Å². The SMILES string of the molecule is Cc1ccc(-c2ccc3c(c2)CC(=O)CC(c2ccnc(C)c2)=N3)c(C(F)(F)F)c1. The Morgan fingerprint density at radius 2 is 1.70 bits per heavy atom. The predicted molar refractivity (Wildman–Crippen MR) is 110 cm³/mol. The highest BCUT2D eigenvalue weighted by Gasteiger charge is 2.34. The molecule has 6 heteroatoms. The summed E-state index contributed by atoms with van der Waals surface area (Å²) in [5, 5.41) is 0. The van der Waals surface area contributed by atoms with Crippen LogP contribution in [-0.2, 0) is 17.4 Å². The summed E-state index contributed by atoms with van der Waals surface area (Å²) in [6.45, 7) is 3.49. The lowest BCUT2D eigenvalue weighted by atomic mass is 9.94. The number of rotatable bonds is 2. The lowest BCUT2D eigenvalue weighted by Gasteiger charge is -2.15. The van der Waals surface area contributed by atoms with Gasteiger partial charge in [0.15, 0.2) is 0 Å². The minimum Gasteiger partial charge on any atom is -0.299 e. The maximum absolute atomic E-state index is 13.6. The number of fused-ring (bicyclic) bond motifs is 1. The van der Waals surface area contributed by atoms with Gasteiger partial charge in [-0.15, -0.1) is 0 Å². The number of alkyl halides is 3. The Morgan fingerprint density at radius 3 is 2.43 bits per heavy atom. The van der Waals surface area contributed by atoms with Gasteiger partial charge in [0, 0.05) is 24.7 Å². The van der Waals surface area contributed by atoms with Crippen molar-refractivity contribution in [2.24, 2.45) is 4.99 Å². The molecule has 2 aromatic carbocycles. The number of pyridine rings is 1. The molecule has 3 aromatic rings. The molecular weight excluding hydrogens is 389 g/mol. The molecule has 0 unspecified atom stereocenters. The second-order valence-corrected chi connectivity index (χ2v) is 7.53. The van der Waals surface area contributed by atoms with Crippen molar-refractivity contribution in [3.63, 3.8) is 0 Å². The molecule has 0 bridgehead atoms. The highest BCUT2D eigenvalue weighted by molar-refractivity contribution is 6.13. The van der Waals surface area contributed by atoms with Crippen LogP contribution in [0.3, 0.4) is 0 Å². The van der Waals surface area contributed by atoms with Crippen molar-refractivity contribution in [1.82, 2.24) is 4.98 Å². The number of benzene rings is 2. The summed E-state index contributed by atoms with van der Waals surface area (Å²) in [5.74, 6) is -0.0286. The first-order valence-electron chi connectivity index (χ1n) is 9.54. The van der Waals surface area contributed by atoms with Crippen LogP contribution in [0.5, 0.6) is 0 Å². The summed E-state index contributed by atoms with van der Waals surface area (Å²) in [6.07, 6.45) is -2.49. The number of nitrogens with zero attached hydrogens (tertiary/aromatic N) is 2. The number of carbonyl (C=O) groups is 1. The molecular formula is C24H19F3N2O. The Bertz CT molecular complexity index is 1180. The predicted octanol–water partition coefficient (Wildman–Crippen LogP) is 6.02. The van der Waals surface area contributed by atoms with E-state index in [9.17, 15) is 18.0 Å². The van der Waals surface area contributed by atoms with Gasteiger partial charge in [-0.25, -0.2) is 0 Å². The van der Waals surface area contributed by atoms with Gasteiger partial charge < -0.3 is 0 Å². The third-order valence-electron chi connectivity index (χ3n) is 5.11. The molecule has 4 rings (SSSR count). The van der Waals surface area contributed by atoms with Crippen molar-refractivity contribution in [2.45, 2.75) is 32.9 Å². The number of aryl methyl sites for hydroxylation is 2. The van der Waals surface area contributed by atoms with Gasteiger partial charge in [-0.3, -0.25) is 14.8 Å². The smallest absolute Gasteiger partial charge is 0.299 e. The van der Waals surface area contributed by atoms with Gasteiger partial charge in [-0.1, -0.05) is 23.8 Å². The molecule has 0 amide bonds. The maximum atomic E-state index is 13.6. The number of hydrogen-bond donors (Lipinski definition) is 0. The Hall–Kier alpha value is -3.28. The van der Waals surface area contributed by atoms with Gasteiger partial charge >= 0.3 is 6.18 Å². The molecule has 2 heterocycles. The van der Waals surface area contributed by atoms with E-state index in [0.717, 1.165) is 17.3 Å². The van der Waals surface area contributed by atoms with Crippen LogP contribution < -0.4 is 0 Å². The highest BCUT2D eigenvalue weighted by Crippen LogP contribution is 2.39. The third kappa shape index (κ3) is 4.03. The summed E-state index contributed by atoms with van der Waals surface area (Å²) in [6, 6.07) is 12.9. The van der Waals surface area contributed by atoms with Crippen LogP contribution in [0.25, 0.3) is 11.1 Å². The van der Waals surface area contributed by atoms with Gasteiger partial charge in [0.05, 0.1) is 17.0 Å². The molecule has 3 nitrogen and oxygen atoms in total. The minimum absolute atomic E-state index is 0.0286. The van der Waals surface area contributed by atoms with E-state index in [2.05, 4.69) is 9.98 Å². The average Bonchev–Trinajstić information content (AvgIpc) is 2.84. The van der Waals surface area contributed by atoms with E-state index in [4.69, 9.17) is 0 Å². The summed E-state index contributed by atoms with van der Waals surface area (Å²) in [7, 11) is 0. The first-order valence-corrected chi connectivity index (χ1v) is 9.54. The number of hydrogen-bond acceptors (Lipinski definition) is 3. The summed E-state index contributed by atoms with van der Waals surface area (Å²) in [5.41, 5.74) is 3.91. The van der Waals surface area contributed by atoms with Crippen molar-refractivity contribution in [2.75, 3.05) is 0 Å². The Morgan fingerprint density at radius 1 is 0.900 bits per heavy atom. The van der Waals surface area contributed by atoms with E-state index in [0.29, 0.717) is 28.1 Å². The zero-order valence-corrected chi connectivity index (χ0v) is 16.5. The normalized spacial score (nSPS) is 14.2. The number of aliphatic imine (C=N–C) groups is 1. The monoisotopic (exact) mass is 408 g/mol. The van der Waals surface area contributed by atoms with Gasteiger partial charge in [-0.05, 0) is 66.4 Å². The van der Waals surface area contributed by atoms with Gasteiger partial charge in [0.2, 0.25) is 0 Å². The van der Waals surface area contributed by atoms with Crippen LogP contribution >= 0.6 is 0 Å². The quantitative estimate of drug-likeness (QED) is 0.520. The van der Waals surface area contributed by atoms with E-state index in [1.165, 1.54) is 6.07 Å². The minimum atomic E-state index is -4.46. The Kier molecular flexibility index (Phi) is 5.02. The second kappa shape index (κ2) is 7.52. The molecule has 0 atom stereocenters. The first kappa shape index (κ1) is 20.0. The fraction of sp³-hybridized carbons (Fsp3) is 0.208. The number of ketones is 1. The molecule has 1 aliphatic heterocycles. The Labute approximate surface area is 172 Å². The van der Waals surface area contributed by atoms with Crippen LogP contribution in [0.1, 0.15) is 34.4 Å². The highest BCUT2D eigenvalue weighted by atomic mass is 19.4. The topological polar surface area (TPSA) is 42.3 Å². The largest absolute Gasteiger partial charge is 0.417 e. The van der Waals surface area contributed by atoms with Gasteiger partial charge in [-0.2, -0.15) is 13.2 Å². The van der Waals surface area contributed by atoms with Crippen molar-refractivity contribution in [3.05, 3.63) is 82.7 Å². The maximum Gasteiger partial charge on any atom is 0.417 e. The van der Waals surface area contributed by atoms with Gasteiger partial charge in [0.25, 0.3) is 0 Å². The molecule has 1 aromatic heterocycles. The molecule has 0 radical (unpaired) electrons. The fourth-order valence-electron chi connectivity index (χ4n) is 3.69. The Balaban J connectivity index is 1.81. The number of Topliss-reactive ketones (excluding diaryl/α,β-unsaturated/α-hetero) is 1. The average molecular weight is 408 g/mol. The standard InChI is InChI=1S/C24H19F3N2O/c1-14-3-5-20(21(9-14)24(25,26)27)16-4-6-22-18(11-16)12-19(30)13-23(29-22)17-7-8-28-15(2)10-17/h3-11H,12-13H2,1-2H3. The summed E-state index contributed by atoms with van der Waals surface area (Å²) >= 11 is 0. The van der Waals surface area contributed by atoms with Crippen molar-refractivity contribution in [1.29, 1.82) is 0 Å². The fourth-order valence-corrected chi connectivity index (χ4v) is 3.69. The lowest BCUT2D eigenvalue weighted by molar-refractivity contribution is -0.137. The third-order valence-corrected chi connectivity index (χ3v) is 5.11. The van der Waals surface area contributed by atoms with Crippen LogP contribution in [0.4, 0.5) is 18.9 Å². The molecule has 0 saturated heterocycles. The molecule has 152 valence electrons. The molecule has 1 aliphatic rings. The molecule has 30 heavy (non-hydrogen) atoms. The van der Waals surface area contributed by atoms with Crippen molar-refractivity contribution in [3.8, 4) is 11.1 Å². The van der Waals surface area contributed by atoms with Crippen LogP contribution in [-0.4, -0.2) is 16.5 Å². The van der Waals surface area contributed by atoms with E-state index in [1.807, 2.05) is 13.0 Å². The van der Waals surface area contributed by atoms with E-state index < -0.39 is 11.7 Å². The summed E-state index contributed by atoms with van der Waals surface area (Å²) in [4.78, 5) is 21.4. The van der Waals surface area contributed by atoms with Crippen LogP contribution in [0.2, 0.25) is 0 Å². The van der Waals surface area contributed by atoms with E-state index in [1.54, 1.807) is 43.5 Å². The molecule has 0 fully saturated rings. The molecule has 0 spiro atoms. The number of aromatic nitrogens is 1. The zero-order chi connectivity index (χ0) is 21.5. The number of carbonyl (C=O) groups excluding carboxylic acids is 1. The lowest BCUT2D eigenvalue weighted by Crippen LogP contribution is -2.09. The van der Waals surface area contributed by atoms with E-state index >= 15 is 0 Å². The van der Waals surface area contributed by atoms with E-state index in [-0.39, 0.29) is 24.2 Å². The molecule has 0 aliphatic carbocycles. The second-order valence-electron chi connectivity index (χ2n) is 7.53. The van der Waals surface area contributed by atoms with Gasteiger partial charge in [0.1, 0.15) is 5.78 Å². The van der Waals surface area contributed by atoms with Crippen LogP contribution in [0, 0.1) is 13.8 Å². The van der Waals surface area contributed by atoms with Crippen LogP contribution in [0.15, 0.2) is 59.7 Å². The number of halogens is 3. The summed E-state index contributed by atoms with van der Waals surface area (Å²) < 4.78 is 40.7. The first-order chi connectivity index (χ1) is 14.2. The zero-order valence-electron chi connectivity index (χ0n) is 16.5.